The molecule has 0 radical (unpaired) electrons. The molecule has 1 N–H and O–H groups in total. The van der Waals surface area contributed by atoms with Crippen LogP contribution < -0.4 is 10.1 Å². The fourth-order valence-corrected chi connectivity index (χ4v) is 2.55. The van der Waals surface area contributed by atoms with E-state index in [9.17, 15) is 0 Å². The molecule has 2 aromatic carbocycles. The van der Waals surface area contributed by atoms with Crippen LogP contribution in [0, 0.1) is 6.92 Å². The van der Waals surface area contributed by atoms with Gasteiger partial charge in [-0.1, -0.05) is 31.2 Å². The van der Waals surface area contributed by atoms with E-state index in [1.807, 2.05) is 18.2 Å². The van der Waals surface area contributed by atoms with Crippen molar-refractivity contribution in [2.75, 3.05) is 12.8 Å². The van der Waals surface area contributed by atoms with Gasteiger partial charge in [0.2, 0.25) is 0 Å². The summed E-state index contributed by atoms with van der Waals surface area (Å²) in [4.78, 5) is 1.16. The SMILES string of the molecule is CCNCc1ccc(Oc2ccccc2SC)c(C)c1. The Morgan fingerprint density at radius 2 is 1.90 bits per heavy atom. The van der Waals surface area contributed by atoms with Crippen LogP contribution >= 0.6 is 11.8 Å². The van der Waals surface area contributed by atoms with Gasteiger partial charge in [-0.15, -0.1) is 11.8 Å². The summed E-state index contributed by atoms with van der Waals surface area (Å²) >= 11 is 1.70. The predicted molar refractivity (Wildman–Crippen MR) is 86.9 cm³/mol. The highest BCUT2D eigenvalue weighted by atomic mass is 32.2. The molecule has 0 aliphatic carbocycles. The molecule has 20 heavy (non-hydrogen) atoms. The van der Waals surface area contributed by atoms with Crippen LogP contribution in [0.15, 0.2) is 47.4 Å². The van der Waals surface area contributed by atoms with Gasteiger partial charge in [0.1, 0.15) is 11.5 Å². The molecule has 0 aliphatic heterocycles. The normalized spacial score (nSPS) is 10.6. The average molecular weight is 287 g/mol. The lowest BCUT2D eigenvalue weighted by Crippen LogP contribution is -2.11. The molecule has 0 fully saturated rings. The molecule has 0 atom stereocenters. The molecule has 0 amide bonds. The van der Waals surface area contributed by atoms with E-state index in [-0.39, 0.29) is 0 Å². The molecule has 0 aromatic heterocycles. The minimum atomic E-state index is 0.902. The molecule has 3 heteroatoms. The van der Waals surface area contributed by atoms with Gasteiger partial charge in [0.05, 0.1) is 0 Å². The van der Waals surface area contributed by atoms with Gasteiger partial charge < -0.3 is 10.1 Å². The maximum absolute atomic E-state index is 6.05. The number of ether oxygens (including phenoxy) is 1. The summed E-state index contributed by atoms with van der Waals surface area (Å²) in [6.45, 7) is 6.09. The predicted octanol–water partition coefficient (Wildman–Crippen LogP) is 4.62. The molecule has 2 nitrogen and oxygen atoms in total. The third-order valence-corrected chi connectivity index (χ3v) is 3.88. The molecule has 0 spiro atoms. The zero-order valence-corrected chi connectivity index (χ0v) is 13.1. The van der Waals surface area contributed by atoms with Gasteiger partial charge in [-0.2, -0.15) is 0 Å². The van der Waals surface area contributed by atoms with Crippen molar-refractivity contribution in [2.24, 2.45) is 0 Å². The number of para-hydroxylation sites is 1. The fourth-order valence-electron chi connectivity index (χ4n) is 2.03. The van der Waals surface area contributed by atoms with E-state index >= 15 is 0 Å². The first-order valence-corrected chi connectivity index (χ1v) is 8.08. The summed E-state index contributed by atoms with van der Waals surface area (Å²) in [7, 11) is 0. The van der Waals surface area contributed by atoms with E-state index in [0.29, 0.717) is 0 Å². The largest absolute Gasteiger partial charge is 0.456 e. The van der Waals surface area contributed by atoms with E-state index in [0.717, 1.165) is 35.0 Å². The number of thioether (sulfide) groups is 1. The first-order chi connectivity index (χ1) is 9.74. The molecular weight excluding hydrogens is 266 g/mol. The minimum absolute atomic E-state index is 0.902. The lowest BCUT2D eigenvalue weighted by molar-refractivity contribution is 0.467. The minimum Gasteiger partial charge on any atom is -0.456 e. The third-order valence-electron chi connectivity index (χ3n) is 3.11. The number of benzene rings is 2. The molecule has 2 rings (SSSR count). The van der Waals surface area contributed by atoms with Gasteiger partial charge in [-0.25, -0.2) is 0 Å². The lowest BCUT2D eigenvalue weighted by atomic mass is 10.1. The summed E-state index contributed by atoms with van der Waals surface area (Å²) in [6.07, 6.45) is 2.06. The quantitative estimate of drug-likeness (QED) is 0.783. The highest BCUT2D eigenvalue weighted by Crippen LogP contribution is 2.32. The summed E-state index contributed by atoms with van der Waals surface area (Å²) in [5, 5.41) is 3.34. The third kappa shape index (κ3) is 3.78. The highest BCUT2D eigenvalue weighted by molar-refractivity contribution is 7.98. The van der Waals surface area contributed by atoms with Crippen molar-refractivity contribution in [1.82, 2.24) is 5.32 Å². The second kappa shape index (κ2) is 7.36. The average Bonchev–Trinajstić information content (AvgIpc) is 2.48. The van der Waals surface area contributed by atoms with Crippen molar-refractivity contribution in [2.45, 2.75) is 25.3 Å². The molecule has 2 aromatic rings. The standard InChI is InChI=1S/C17H21NOS/c1-4-18-12-14-9-10-15(13(2)11-14)19-16-7-5-6-8-17(16)20-3/h5-11,18H,4,12H2,1-3H3. The smallest absolute Gasteiger partial charge is 0.140 e. The second-order valence-corrected chi connectivity index (χ2v) is 5.48. The maximum atomic E-state index is 6.05. The van der Waals surface area contributed by atoms with Gasteiger partial charge in [0, 0.05) is 11.4 Å². The van der Waals surface area contributed by atoms with Gasteiger partial charge in [0.15, 0.2) is 0 Å². The Morgan fingerprint density at radius 3 is 2.60 bits per heavy atom. The number of nitrogens with one attached hydrogen (secondary N) is 1. The van der Waals surface area contributed by atoms with Crippen molar-refractivity contribution < 1.29 is 4.74 Å². The monoisotopic (exact) mass is 287 g/mol. The molecule has 0 heterocycles. The topological polar surface area (TPSA) is 21.3 Å². The Morgan fingerprint density at radius 1 is 1.10 bits per heavy atom. The van der Waals surface area contributed by atoms with Crippen LogP contribution in [0.5, 0.6) is 11.5 Å². The molecule has 106 valence electrons. The van der Waals surface area contributed by atoms with Gasteiger partial charge in [-0.05, 0) is 49.1 Å². The number of rotatable bonds is 6. The molecule has 0 saturated heterocycles. The van der Waals surface area contributed by atoms with Crippen LogP contribution in [0.2, 0.25) is 0 Å². The first-order valence-electron chi connectivity index (χ1n) is 6.85. The van der Waals surface area contributed by atoms with E-state index in [1.165, 1.54) is 5.56 Å². The lowest BCUT2D eigenvalue weighted by Gasteiger charge is -2.13. The highest BCUT2D eigenvalue weighted by Gasteiger charge is 2.06. The van der Waals surface area contributed by atoms with Crippen LogP contribution in [0.3, 0.4) is 0 Å². The molecule has 0 aliphatic rings. The van der Waals surface area contributed by atoms with Crippen LogP contribution in [0.4, 0.5) is 0 Å². The Labute approximate surface area is 125 Å². The number of hydrogen-bond donors (Lipinski definition) is 1. The molecule has 0 bridgehead atoms. The Bertz CT molecular complexity index is 569. The zero-order chi connectivity index (χ0) is 14.4. The van der Waals surface area contributed by atoms with Crippen LogP contribution in [0.25, 0.3) is 0 Å². The van der Waals surface area contributed by atoms with E-state index in [4.69, 9.17) is 4.74 Å². The van der Waals surface area contributed by atoms with Crippen LogP contribution in [-0.4, -0.2) is 12.8 Å². The molecular formula is C17H21NOS. The molecule has 0 unspecified atom stereocenters. The fraction of sp³-hybridized carbons (Fsp3) is 0.294. The van der Waals surface area contributed by atoms with Crippen molar-refractivity contribution in [3.63, 3.8) is 0 Å². The van der Waals surface area contributed by atoms with Gasteiger partial charge in [0.25, 0.3) is 0 Å². The Balaban J connectivity index is 2.17. The molecule has 0 saturated carbocycles. The van der Waals surface area contributed by atoms with Crippen molar-refractivity contribution in [3.8, 4) is 11.5 Å². The van der Waals surface area contributed by atoms with Crippen molar-refractivity contribution in [1.29, 1.82) is 0 Å². The zero-order valence-electron chi connectivity index (χ0n) is 12.3. The van der Waals surface area contributed by atoms with Crippen LogP contribution in [-0.2, 0) is 6.54 Å². The van der Waals surface area contributed by atoms with Crippen LogP contribution in [0.1, 0.15) is 18.1 Å². The number of aryl methyl sites for hydroxylation is 1. The van der Waals surface area contributed by atoms with Gasteiger partial charge in [-0.3, -0.25) is 0 Å². The van der Waals surface area contributed by atoms with Crippen molar-refractivity contribution in [3.05, 3.63) is 53.6 Å². The van der Waals surface area contributed by atoms with Crippen molar-refractivity contribution >= 4 is 11.8 Å². The number of hydrogen-bond acceptors (Lipinski definition) is 3. The maximum Gasteiger partial charge on any atom is 0.140 e. The first kappa shape index (κ1) is 14.9. The van der Waals surface area contributed by atoms with E-state index in [1.54, 1.807) is 11.8 Å². The summed E-state index contributed by atoms with van der Waals surface area (Å²) in [6, 6.07) is 14.5. The summed E-state index contributed by atoms with van der Waals surface area (Å²) < 4.78 is 6.05. The van der Waals surface area contributed by atoms with E-state index < -0.39 is 0 Å². The summed E-state index contributed by atoms with van der Waals surface area (Å²) in [5.41, 5.74) is 2.45. The second-order valence-electron chi connectivity index (χ2n) is 4.63. The Kier molecular flexibility index (Phi) is 5.50. The summed E-state index contributed by atoms with van der Waals surface area (Å²) in [5.74, 6) is 1.84. The van der Waals surface area contributed by atoms with Gasteiger partial charge >= 0.3 is 0 Å². The van der Waals surface area contributed by atoms with E-state index in [2.05, 4.69) is 49.7 Å². The Hall–Kier alpha value is -1.45.